The van der Waals surface area contributed by atoms with Gasteiger partial charge in [0.15, 0.2) is 11.4 Å². The number of nitrogen functional groups attached to an aromatic ring is 1. The van der Waals surface area contributed by atoms with Crippen LogP contribution in [-0.2, 0) is 0 Å². The second kappa shape index (κ2) is 5.24. The van der Waals surface area contributed by atoms with E-state index in [9.17, 15) is 9.59 Å². The number of carbonyl (C=O) groups excluding carboxylic acids is 1. The van der Waals surface area contributed by atoms with Crippen molar-refractivity contribution in [2.75, 3.05) is 5.73 Å². The molecule has 0 bridgehead atoms. The van der Waals surface area contributed by atoms with Gasteiger partial charge in [0.25, 0.3) is 5.56 Å². The third-order valence-electron chi connectivity index (χ3n) is 2.08. The molecule has 1 heterocycles. The highest BCUT2D eigenvalue weighted by atomic mass is 35.5. The number of nitrogens with two attached hydrogens (primary N) is 1. The summed E-state index contributed by atoms with van der Waals surface area (Å²) in [7, 11) is 0. The van der Waals surface area contributed by atoms with Crippen LogP contribution in [0.3, 0.4) is 0 Å². The van der Waals surface area contributed by atoms with Gasteiger partial charge in [-0.1, -0.05) is 29.4 Å². The van der Waals surface area contributed by atoms with Gasteiger partial charge in [-0.25, -0.2) is 4.98 Å². The second-order valence-corrected chi connectivity index (χ2v) is 4.78. The molecule has 0 radical (unpaired) electrons. The molecule has 92 valence electrons. The first-order valence-electron chi connectivity index (χ1n) is 4.88. The normalized spacial score (nSPS) is 10.3. The van der Waals surface area contributed by atoms with E-state index >= 15 is 0 Å². The molecule has 7 heteroatoms. The number of anilines is 1. The molecule has 1 aromatic carbocycles. The van der Waals surface area contributed by atoms with Crippen LogP contribution in [0.1, 0.15) is 10.4 Å². The SMILES string of the molecule is Nc1cc(=O)[nH]c(Sc2cccc(Cl)c2C=O)n1. The first-order valence-corrected chi connectivity index (χ1v) is 6.08. The van der Waals surface area contributed by atoms with Crippen molar-refractivity contribution in [1.29, 1.82) is 0 Å². The Hall–Kier alpha value is -1.79. The molecule has 18 heavy (non-hydrogen) atoms. The Labute approximate surface area is 111 Å². The molecule has 0 amide bonds. The van der Waals surface area contributed by atoms with Crippen LogP contribution in [0.15, 0.2) is 39.1 Å². The molecule has 0 spiro atoms. The van der Waals surface area contributed by atoms with Crippen molar-refractivity contribution in [3.63, 3.8) is 0 Å². The number of hydrogen-bond acceptors (Lipinski definition) is 5. The van der Waals surface area contributed by atoms with Gasteiger partial charge in [0.05, 0.1) is 5.02 Å². The molecule has 0 aliphatic carbocycles. The number of aromatic amines is 1. The third kappa shape index (κ3) is 2.72. The standard InChI is InChI=1S/C11H8ClN3O2S/c12-7-2-1-3-8(6(7)5-16)18-11-14-9(13)4-10(17)15-11/h1-5H,(H3,13,14,15,17). The van der Waals surface area contributed by atoms with E-state index in [0.717, 1.165) is 11.8 Å². The average Bonchev–Trinajstić information content (AvgIpc) is 2.27. The van der Waals surface area contributed by atoms with E-state index in [1.54, 1.807) is 18.2 Å². The van der Waals surface area contributed by atoms with Gasteiger partial charge in [-0.3, -0.25) is 9.59 Å². The highest BCUT2D eigenvalue weighted by Gasteiger charge is 2.09. The number of nitrogens with zero attached hydrogens (tertiary/aromatic N) is 1. The third-order valence-corrected chi connectivity index (χ3v) is 3.37. The molecule has 1 aromatic heterocycles. The van der Waals surface area contributed by atoms with Gasteiger partial charge in [-0.2, -0.15) is 0 Å². The molecule has 0 saturated heterocycles. The maximum atomic E-state index is 11.2. The lowest BCUT2D eigenvalue weighted by molar-refractivity contribution is 0.112. The molecule has 0 atom stereocenters. The molecular weight excluding hydrogens is 274 g/mol. The van der Waals surface area contributed by atoms with Crippen molar-refractivity contribution in [3.05, 3.63) is 45.2 Å². The van der Waals surface area contributed by atoms with Crippen LogP contribution in [0.25, 0.3) is 0 Å². The number of nitrogens with one attached hydrogen (secondary N) is 1. The zero-order chi connectivity index (χ0) is 13.1. The van der Waals surface area contributed by atoms with Gasteiger partial charge < -0.3 is 10.7 Å². The second-order valence-electron chi connectivity index (χ2n) is 3.35. The van der Waals surface area contributed by atoms with Crippen molar-refractivity contribution >= 4 is 35.5 Å². The first-order chi connectivity index (χ1) is 8.60. The van der Waals surface area contributed by atoms with Gasteiger partial charge in [0.2, 0.25) is 0 Å². The molecule has 5 nitrogen and oxygen atoms in total. The van der Waals surface area contributed by atoms with Crippen LogP contribution in [-0.4, -0.2) is 16.3 Å². The number of carbonyl (C=O) groups is 1. The molecule has 0 unspecified atom stereocenters. The van der Waals surface area contributed by atoms with Crippen molar-refractivity contribution in [2.45, 2.75) is 10.1 Å². The minimum atomic E-state index is -0.348. The lowest BCUT2D eigenvalue weighted by Crippen LogP contribution is -2.09. The summed E-state index contributed by atoms with van der Waals surface area (Å²) in [4.78, 5) is 29.3. The predicted octanol–water partition coefficient (Wildman–Crippen LogP) is 1.97. The van der Waals surface area contributed by atoms with Gasteiger partial charge in [0.1, 0.15) is 5.82 Å². The highest BCUT2D eigenvalue weighted by Crippen LogP contribution is 2.30. The quantitative estimate of drug-likeness (QED) is 0.663. The first kappa shape index (κ1) is 12.7. The minimum Gasteiger partial charge on any atom is -0.383 e. The summed E-state index contributed by atoms with van der Waals surface area (Å²) >= 11 is 7.02. The van der Waals surface area contributed by atoms with Crippen LogP contribution < -0.4 is 11.3 Å². The average molecular weight is 282 g/mol. The van der Waals surface area contributed by atoms with Crippen LogP contribution in [0.4, 0.5) is 5.82 Å². The molecule has 0 fully saturated rings. The summed E-state index contributed by atoms with van der Waals surface area (Å²) in [6.07, 6.45) is 0.662. The Morgan fingerprint density at radius 3 is 2.89 bits per heavy atom. The largest absolute Gasteiger partial charge is 0.383 e. The van der Waals surface area contributed by atoms with Gasteiger partial charge in [0, 0.05) is 16.5 Å². The number of benzene rings is 1. The van der Waals surface area contributed by atoms with Gasteiger partial charge in [-0.15, -0.1) is 0 Å². The zero-order valence-electron chi connectivity index (χ0n) is 9.01. The molecule has 0 aliphatic rings. The number of aldehydes is 1. The lowest BCUT2D eigenvalue weighted by Gasteiger charge is -2.05. The van der Waals surface area contributed by atoms with E-state index in [2.05, 4.69) is 9.97 Å². The molecular formula is C11H8ClN3O2S. The predicted molar refractivity (Wildman–Crippen MR) is 70.2 cm³/mol. The summed E-state index contributed by atoms with van der Waals surface area (Å²) in [6.45, 7) is 0. The molecule has 2 rings (SSSR count). The Balaban J connectivity index is 2.42. The van der Waals surface area contributed by atoms with E-state index in [-0.39, 0.29) is 11.4 Å². The van der Waals surface area contributed by atoms with E-state index in [0.29, 0.717) is 26.9 Å². The summed E-state index contributed by atoms with van der Waals surface area (Å²) in [5.41, 5.74) is 5.48. The van der Waals surface area contributed by atoms with E-state index in [1.807, 2.05) is 0 Å². The van der Waals surface area contributed by atoms with E-state index in [1.165, 1.54) is 6.07 Å². The molecule has 0 aliphatic heterocycles. The fourth-order valence-electron chi connectivity index (χ4n) is 1.33. The van der Waals surface area contributed by atoms with Crippen LogP contribution in [0.5, 0.6) is 0 Å². The summed E-state index contributed by atoms with van der Waals surface area (Å²) in [5.74, 6) is 0.121. The highest BCUT2D eigenvalue weighted by molar-refractivity contribution is 7.99. The number of halogens is 1. The Kier molecular flexibility index (Phi) is 3.69. The monoisotopic (exact) mass is 281 g/mol. The molecule has 2 aromatic rings. The maximum absolute atomic E-state index is 11.2. The number of H-pyrrole nitrogens is 1. The number of aromatic nitrogens is 2. The van der Waals surface area contributed by atoms with Crippen LogP contribution >= 0.6 is 23.4 Å². The van der Waals surface area contributed by atoms with E-state index in [4.69, 9.17) is 17.3 Å². The number of rotatable bonds is 3. The maximum Gasteiger partial charge on any atom is 0.253 e. The Morgan fingerprint density at radius 1 is 1.44 bits per heavy atom. The zero-order valence-corrected chi connectivity index (χ0v) is 10.6. The topological polar surface area (TPSA) is 88.8 Å². The lowest BCUT2D eigenvalue weighted by atomic mass is 10.2. The summed E-state index contributed by atoms with van der Waals surface area (Å²) in [6, 6.07) is 6.22. The molecule has 0 saturated carbocycles. The van der Waals surface area contributed by atoms with Gasteiger partial charge in [-0.05, 0) is 12.1 Å². The summed E-state index contributed by atoms with van der Waals surface area (Å²) < 4.78 is 0. The fourth-order valence-corrected chi connectivity index (χ4v) is 2.53. The van der Waals surface area contributed by atoms with Crippen molar-refractivity contribution in [2.24, 2.45) is 0 Å². The molecule has 3 N–H and O–H groups in total. The Bertz CT molecular complexity index is 657. The van der Waals surface area contributed by atoms with Crippen LogP contribution in [0, 0.1) is 0 Å². The minimum absolute atomic E-state index is 0.121. The Morgan fingerprint density at radius 2 is 2.22 bits per heavy atom. The van der Waals surface area contributed by atoms with Crippen molar-refractivity contribution in [3.8, 4) is 0 Å². The van der Waals surface area contributed by atoms with Crippen LogP contribution in [0.2, 0.25) is 5.02 Å². The van der Waals surface area contributed by atoms with E-state index < -0.39 is 0 Å². The van der Waals surface area contributed by atoms with Crippen molar-refractivity contribution < 1.29 is 4.79 Å². The number of hydrogen-bond donors (Lipinski definition) is 2. The van der Waals surface area contributed by atoms with Crippen molar-refractivity contribution in [1.82, 2.24) is 9.97 Å². The fraction of sp³-hybridized carbons (Fsp3) is 0. The summed E-state index contributed by atoms with van der Waals surface area (Å²) in [5, 5.41) is 0.659. The van der Waals surface area contributed by atoms with Gasteiger partial charge >= 0.3 is 0 Å². The smallest absolute Gasteiger partial charge is 0.253 e.